The lowest BCUT2D eigenvalue weighted by Crippen LogP contribution is -2.14. The lowest BCUT2D eigenvalue weighted by atomic mass is 10.1. The molecule has 0 saturated heterocycles. The molecule has 0 aliphatic heterocycles. The van der Waals surface area contributed by atoms with Crippen LogP contribution >= 0.6 is 11.6 Å². The predicted molar refractivity (Wildman–Crippen MR) is 81.8 cm³/mol. The van der Waals surface area contributed by atoms with E-state index in [0.717, 1.165) is 17.8 Å². The van der Waals surface area contributed by atoms with Gasteiger partial charge in [-0.15, -0.1) is 11.6 Å². The summed E-state index contributed by atoms with van der Waals surface area (Å²) in [6, 6.07) is 2.13. The van der Waals surface area contributed by atoms with Crippen LogP contribution in [0.15, 0.2) is 6.07 Å². The maximum atomic E-state index is 12.0. The molecule has 19 heavy (non-hydrogen) atoms. The Morgan fingerprint density at radius 3 is 2.47 bits per heavy atom. The summed E-state index contributed by atoms with van der Waals surface area (Å²) in [6.07, 6.45) is 2.55. The highest BCUT2D eigenvalue weighted by Gasteiger charge is 2.21. The molecule has 0 radical (unpaired) electrons. The molecule has 0 aliphatic rings. The number of halogens is 1. The lowest BCUT2D eigenvalue weighted by molar-refractivity contribution is 0.0991. The van der Waals surface area contributed by atoms with Gasteiger partial charge in [0.25, 0.3) is 0 Å². The largest absolute Gasteiger partial charge is 0.346 e. The fourth-order valence-corrected chi connectivity index (χ4v) is 3.18. The maximum absolute atomic E-state index is 12.0. The van der Waals surface area contributed by atoms with Gasteiger partial charge in [-0.05, 0) is 40.2 Å². The van der Waals surface area contributed by atoms with Crippen molar-refractivity contribution in [1.29, 1.82) is 0 Å². The third-order valence-electron chi connectivity index (χ3n) is 3.37. The smallest absolute Gasteiger partial charge is 0.182 e. The number of carbonyl (C=O) groups excluding carboxylic acids is 1. The van der Waals surface area contributed by atoms with Crippen molar-refractivity contribution in [3.63, 3.8) is 0 Å². The van der Waals surface area contributed by atoms with Gasteiger partial charge >= 0.3 is 0 Å². The number of nitrogens with zero attached hydrogens (tertiary/aromatic N) is 1. The molecule has 1 aromatic rings. The number of alkyl halides is 1. The van der Waals surface area contributed by atoms with Gasteiger partial charge in [0.1, 0.15) is 0 Å². The van der Waals surface area contributed by atoms with E-state index in [9.17, 15) is 9.00 Å². The monoisotopic (exact) mass is 303 g/mol. The van der Waals surface area contributed by atoms with Crippen LogP contribution in [-0.2, 0) is 10.8 Å². The van der Waals surface area contributed by atoms with E-state index in [2.05, 4.69) is 11.5 Å². The standard InChI is InChI=1S/C14H22ClNO2S/c1-9(6-7-19(5)18)16-10(2)8-13(12(16)4)14(17)11(3)15/h8-9,11H,6-7H2,1-5H3. The number of aryl methyl sites for hydroxylation is 1. The first-order valence-electron chi connectivity index (χ1n) is 6.42. The quantitative estimate of drug-likeness (QED) is 0.598. The Bertz CT molecular complexity index is 494. The van der Waals surface area contributed by atoms with Crippen LogP contribution < -0.4 is 0 Å². The number of Topliss-reactive ketones (excluding diaryl/α,β-unsaturated/α-hetero) is 1. The summed E-state index contributed by atoms with van der Waals surface area (Å²) in [6.45, 7) is 7.71. The minimum Gasteiger partial charge on any atom is -0.346 e. The Kier molecular flexibility index (Phi) is 5.81. The third-order valence-corrected chi connectivity index (χ3v) is 4.38. The van der Waals surface area contributed by atoms with Crippen LogP contribution in [0.3, 0.4) is 0 Å². The number of hydrogen-bond acceptors (Lipinski definition) is 2. The normalized spacial score (nSPS) is 16.1. The molecule has 5 heteroatoms. The van der Waals surface area contributed by atoms with Crippen molar-refractivity contribution < 1.29 is 9.00 Å². The van der Waals surface area contributed by atoms with Crippen molar-refractivity contribution in [2.75, 3.05) is 12.0 Å². The number of aromatic nitrogens is 1. The molecule has 108 valence electrons. The SMILES string of the molecule is Cc1cc(C(=O)C(C)Cl)c(C)n1C(C)CCS(C)=O. The average Bonchev–Trinajstić information content (AvgIpc) is 2.60. The molecule has 0 aliphatic carbocycles. The Labute approximate surface area is 122 Å². The Balaban J connectivity index is 3.03. The third kappa shape index (κ3) is 3.93. The molecule has 0 amide bonds. The molecular weight excluding hydrogens is 282 g/mol. The molecular formula is C14H22ClNO2S. The summed E-state index contributed by atoms with van der Waals surface area (Å²) in [4.78, 5) is 12.0. The van der Waals surface area contributed by atoms with E-state index in [0.29, 0.717) is 11.3 Å². The van der Waals surface area contributed by atoms with Gasteiger partial charge in [-0.25, -0.2) is 0 Å². The van der Waals surface area contributed by atoms with E-state index in [4.69, 9.17) is 11.6 Å². The minimum atomic E-state index is -0.784. The topological polar surface area (TPSA) is 39.1 Å². The predicted octanol–water partition coefficient (Wildman–Crippen LogP) is 3.24. The number of ketones is 1. The molecule has 3 atom stereocenters. The number of rotatable bonds is 6. The molecule has 0 saturated carbocycles. The molecule has 3 nitrogen and oxygen atoms in total. The second-order valence-corrected chi connectivity index (χ2v) is 7.26. The van der Waals surface area contributed by atoms with E-state index >= 15 is 0 Å². The molecule has 0 N–H and O–H groups in total. The average molecular weight is 304 g/mol. The highest BCUT2D eigenvalue weighted by molar-refractivity contribution is 7.84. The molecule has 0 spiro atoms. The van der Waals surface area contributed by atoms with Gasteiger partial charge in [0.2, 0.25) is 0 Å². The molecule has 0 fully saturated rings. The zero-order valence-corrected chi connectivity index (χ0v) is 13.8. The first-order chi connectivity index (χ1) is 8.75. The van der Waals surface area contributed by atoms with Crippen molar-refractivity contribution in [2.45, 2.75) is 45.5 Å². The van der Waals surface area contributed by atoms with Crippen LogP contribution in [0.5, 0.6) is 0 Å². The highest BCUT2D eigenvalue weighted by Crippen LogP contribution is 2.24. The van der Waals surface area contributed by atoms with Gasteiger partial charge in [-0.3, -0.25) is 9.00 Å². The number of carbonyl (C=O) groups is 1. The van der Waals surface area contributed by atoms with Crippen molar-refractivity contribution >= 4 is 28.2 Å². The second-order valence-electron chi connectivity index (χ2n) is 5.05. The van der Waals surface area contributed by atoms with Gasteiger partial charge < -0.3 is 4.57 Å². The fourth-order valence-electron chi connectivity index (χ4n) is 2.38. The van der Waals surface area contributed by atoms with Crippen molar-refractivity contribution in [3.05, 3.63) is 23.0 Å². The van der Waals surface area contributed by atoms with Crippen molar-refractivity contribution in [2.24, 2.45) is 0 Å². The molecule has 1 heterocycles. The summed E-state index contributed by atoms with van der Waals surface area (Å²) in [5, 5.41) is -0.507. The van der Waals surface area contributed by atoms with Gasteiger partial charge in [0.05, 0.1) is 5.38 Å². The summed E-state index contributed by atoms with van der Waals surface area (Å²) in [5.41, 5.74) is 2.70. The zero-order chi connectivity index (χ0) is 14.7. The van der Waals surface area contributed by atoms with Gasteiger partial charge in [0, 0.05) is 45.8 Å². The van der Waals surface area contributed by atoms with Crippen LogP contribution in [0.2, 0.25) is 0 Å². The molecule has 0 bridgehead atoms. The minimum absolute atomic E-state index is 0.0349. The Morgan fingerprint density at radius 1 is 1.42 bits per heavy atom. The second kappa shape index (κ2) is 6.71. The molecule has 0 aromatic carbocycles. The van der Waals surface area contributed by atoms with Gasteiger partial charge in [0.15, 0.2) is 5.78 Å². The highest BCUT2D eigenvalue weighted by atomic mass is 35.5. The molecule has 3 unspecified atom stereocenters. The van der Waals surface area contributed by atoms with Crippen molar-refractivity contribution in [1.82, 2.24) is 4.57 Å². The maximum Gasteiger partial charge on any atom is 0.182 e. The van der Waals surface area contributed by atoms with Gasteiger partial charge in [-0.2, -0.15) is 0 Å². The van der Waals surface area contributed by atoms with Crippen LogP contribution in [-0.4, -0.2) is 31.9 Å². The van der Waals surface area contributed by atoms with Crippen LogP contribution in [0.25, 0.3) is 0 Å². The summed E-state index contributed by atoms with van der Waals surface area (Å²) in [7, 11) is -0.784. The van der Waals surface area contributed by atoms with E-state index < -0.39 is 16.2 Å². The first kappa shape index (κ1) is 16.4. The van der Waals surface area contributed by atoms with Gasteiger partial charge in [-0.1, -0.05) is 0 Å². The van der Waals surface area contributed by atoms with E-state index in [1.807, 2.05) is 19.9 Å². The van der Waals surface area contributed by atoms with Crippen LogP contribution in [0.1, 0.15) is 48.1 Å². The zero-order valence-electron chi connectivity index (χ0n) is 12.2. The van der Waals surface area contributed by atoms with E-state index in [-0.39, 0.29) is 11.8 Å². The van der Waals surface area contributed by atoms with Crippen molar-refractivity contribution in [3.8, 4) is 0 Å². The molecule has 1 aromatic heterocycles. The number of hydrogen-bond donors (Lipinski definition) is 0. The van der Waals surface area contributed by atoms with E-state index in [1.54, 1.807) is 13.2 Å². The molecule has 1 rings (SSSR count). The van der Waals surface area contributed by atoms with E-state index in [1.165, 1.54) is 0 Å². The van der Waals surface area contributed by atoms with Crippen LogP contribution in [0.4, 0.5) is 0 Å². The lowest BCUT2D eigenvalue weighted by Gasteiger charge is -2.18. The fraction of sp³-hybridized carbons (Fsp3) is 0.643. The first-order valence-corrected chi connectivity index (χ1v) is 8.58. The van der Waals surface area contributed by atoms with Crippen LogP contribution in [0, 0.1) is 13.8 Å². The summed E-state index contributed by atoms with van der Waals surface area (Å²) in [5.74, 6) is 0.639. The Hall–Kier alpha value is -0.610. The Morgan fingerprint density at radius 2 is 2.00 bits per heavy atom. The summed E-state index contributed by atoms with van der Waals surface area (Å²) < 4.78 is 13.3. The summed E-state index contributed by atoms with van der Waals surface area (Å²) >= 11 is 5.88.